The van der Waals surface area contributed by atoms with Gasteiger partial charge in [-0.3, -0.25) is 24.8 Å². The van der Waals surface area contributed by atoms with Gasteiger partial charge < -0.3 is 10.3 Å². The van der Waals surface area contributed by atoms with Crippen LogP contribution in [-0.4, -0.2) is 41.0 Å². The van der Waals surface area contributed by atoms with Crippen molar-refractivity contribution in [2.45, 2.75) is 6.42 Å². The van der Waals surface area contributed by atoms with Crippen LogP contribution >= 0.6 is 0 Å². The largest absolute Gasteiger partial charge is 0.335 e. The van der Waals surface area contributed by atoms with E-state index in [1.165, 1.54) is 0 Å². The lowest BCUT2D eigenvalue weighted by atomic mass is 10.0. The summed E-state index contributed by atoms with van der Waals surface area (Å²) in [4.78, 5) is 34.1. The second-order valence-corrected chi connectivity index (χ2v) is 9.37. The molecule has 192 valence electrons. The number of anilines is 1. The summed E-state index contributed by atoms with van der Waals surface area (Å²) in [5, 5.41) is 11.6. The van der Waals surface area contributed by atoms with E-state index in [1.54, 1.807) is 37.2 Å². The SMILES string of the molecule is O=C(Nc1cncc(-c2ccc3[nH]nc(-c4nc5c(-c6cccnc6)cncc5[nH]4)c3c2)c1)C1=CC=CC=CC1. The van der Waals surface area contributed by atoms with Crippen LogP contribution in [0, 0.1) is 0 Å². The van der Waals surface area contributed by atoms with Crippen LogP contribution in [0.3, 0.4) is 0 Å². The number of H-pyrrole nitrogens is 2. The van der Waals surface area contributed by atoms with E-state index in [0.717, 1.165) is 44.2 Å². The molecule has 1 aliphatic rings. The standard InChI is InChI=1S/C31H22N8O/c40-31(19-6-3-1-2-4-7-19)35-23-12-22(15-33-16-23)20-9-10-26-24(13-20)29(39-38-26)30-36-27-18-34-17-25(28(27)37-30)21-8-5-11-32-14-21/h1-6,8-18H,7H2,(H,35,40)(H,36,37)(H,38,39). The van der Waals surface area contributed by atoms with Gasteiger partial charge in [-0.05, 0) is 36.2 Å². The number of nitrogens with zero attached hydrogens (tertiary/aromatic N) is 5. The summed E-state index contributed by atoms with van der Waals surface area (Å²) in [7, 11) is 0. The van der Waals surface area contributed by atoms with Crippen LogP contribution in [-0.2, 0) is 4.79 Å². The number of aromatic nitrogens is 7. The van der Waals surface area contributed by atoms with Gasteiger partial charge in [0.15, 0.2) is 5.82 Å². The topological polar surface area (TPSA) is 125 Å². The van der Waals surface area contributed by atoms with Crippen LogP contribution in [0.5, 0.6) is 0 Å². The third-order valence-corrected chi connectivity index (χ3v) is 6.77. The Hall–Kier alpha value is -5.70. The number of nitrogens with one attached hydrogen (secondary N) is 3. The highest BCUT2D eigenvalue weighted by Gasteiger charge is 2.17. The van der Waals surface area contributed by atoms with Gasteiger partial charge in [0.2, 0.25) is 0 Å². The predicted molar refractivity (Wildman–Crippen MR) is 155 cm³/mol. The maximum atomic E-state index is 12.8. The maximum absolute atomic E-state index is 12.8. The molecule has 0 bridgehead atoms. The molecule has 0 fully saturated rings. The lowest BCUT2D eigenvalue weighted by molar-refractivity contribution is -0.112. The Bertz CT molecular complexity index is 1980. The Morgan fingerprint density at radius 1 is 0.850 bits per heavy atom. The fourth-order valence-electron chi connectivity index (χ4n) is 4.78. The van der Waals surface area contributed by atoms with E-state index in [-0.39, 0.29) is 5.91 Å². The molecule has 7 rings (SSSR count). The van der Waals surface area contributed by atoms with E-state index >= 15 is 0 Å². The summed E-state index contributed by atoms with van der Waals surface area (Å²) < 4.78 is 0. The van der Waals surface area contributed by atoms with Crippen molar-refractivity contribution in [3.8, 4) is 33.8 Å². The lowest BCUT2D eigenvalue weighted by Gasteiger charge is -2.09. The van der Waals surface area contributed by atoms with Gasteiger partial charge in [0, 0.05) is 52.4 Å². The number of carbonyl (C=O) groups excluding carboxylic acids is 1. The van der Waals surface area contributed by atoms with Gasteiger partial charge in [-0.2, -0.15) is 5.10 Å². The molecule has 5 heterocycles. The molecule has 6 aromatic rings. The molecular weight excluding hydrogens is 500 g/mol. The quantitative estimate of drug-likeness (QED) is 0.255. The highest BCUT2D eigenvalue weighted by Crippen LogP contribution is 2.33. The van der Waals surface area contributed by atoms with Gasteiger partial charge in [-0.1, -0.05) is 42.5 Å². The zero-order valence-corrected chi connectivity index (χ0v) is 21.2. The normalized spacial score (nSPS) is 12.9. The first-order chi connectivity index (χ1) is 19.7. The first kappa shape index (κ1) is 23.4. The molecule has 0 radical (unpaired) electrons. The summed E-state index contributed by atoms with van der Waals surface area (Å²) in [5.74, 6) is 0.489. The number of aromatic amines is 2. The molecule has 5 aromatic heterocycles. The van der Waals surface area contributed by atoms with Crippen LogP contribution in [0.25, 0.3) is 55.7 Å². The van der Waals surface area contributed by atoms with Crippen molar-refractivity contribution in [1.82, 2.24) is 35.1 Å². The minimum Gasteiger partial charge on any atom is -0.335 e. The fraction of sp³-hybridized carbons (Fsp3) is 0.0323. The average Bonchev–Trinajstić information content (AvgIpc) is 3.52. The van der Waals surface area contributed by atoms with Crippen molar-refractivity contribution in [3.63, 3.8) is 0 Å². The Kier molecular flexibility index (Phi) is 5.78. The molecule has 1 aliphatic carbocycles. The van der Waals surface area contributed by atoms with Crippen molar-refractivity contribution in [2.75, 3.05) is 5.32 Å². The average molecular weight is 523 g/mol. The molecule has 9 heteroatoms. The highest BCUT2D eigenvalue weighted by molar-refractivity contribution is 6.04. The van der Waals surface area contributed by atoms with Gasteiger partial charge >= 0.3 is 0 Å². The molecule has 0 saturated heterocycles. The van der Waals surface area contributed by atoms with Gasteiger partial charge in [0.1, 0.15) is 11.2 Å². The summed E-state index contributed by atoms with van der Waals surface area (Å²) in [6, 6.07) is 11.8. The minimum atomic E-state index is -0.146. The number of hydrogen-bond donors (Lipinski definition) is 3. The van der Waals surface area contributed by atoms with Gasteiger partial charge in [0.25, 0.3) is 5.91 Å². The first-order valence-electron chi connectivity index (χ1n) is 12.7. The second-order valence-electron chi connectivity index (χ2n) is 9.37. The summed E-state index contributed by atoms with van der Waals surface area (Å²) >= 11 is 0. The highest BCUT2D eigenvalue weighted by atomic mass is 16.1. The number of allylic oxidation sites excluding steroid dienone is 5. The second kappa shape index (κ2) is 9.88. The molecule has 3 N–H and O–H groups in total. The van der Waals surface area contributed by atoms with Crippen molar-refractivity contribution in [1.29, 1.82) is 0 Å². The smallest absolute Gasteiger partial charge is 0.251 e. The van der Waals surface area contributed by atoms with E-state index < -0.39 is 0 Å². The third kappa shape index (κ3) is 4.35. The van der Waals surface area contributed by atoms with Crippen molar-refractivity contribution in [2.24, 2.45) is 0 Å². The Balaban J connectivity index is 1.23. The Labute approximate surface area is 228 Å². The number of imidazole rings is 1. The summed E-state index contributed by atoms with van der Waals surface area (Å²) in [6.07, 6.45) is 20.6. The predicted octanol–water partition coefficient (Wildman–Crippen LogP) is 6.01. The first-order valence-corrected chi connectivity index (χ1v) is 12.7. The molecule has 1 aromatic carbocycles. The van der Waals surface area contributed by atoms with Crippen LogP contribution in [0.4, 0.5) is 5.69 Å². The number of carbonyl (C=O) groups is 1. The van der Waals surface area contributed by atoms with Crippen LogP contribution in [0.2, 0.25) is 0 Å². The van der Waals surface area contributed by atoms with E-state index in [2.05, 4.69) is 35.5 Å². The maximum Gasteiger partial charge on any atom is 0.251 e. The zero-order valence-electron chi connectivity index (χ0n) is 21.2. The monoisotopic (exact) mass is 522 g/mol. The zero-order chi connectivity index (χ0) is 26.9. The number of benzene rings is 1. The molecular formula is C31H22N8O. The molecule has 9 nitrogen and oxygen atoms in total. The number of amides is 1. The molecule has 0 spiro atoms. The van der Waals surface area contributed by atoms with E-state index in [4.69, 9.17) is 4.98 Å². The fourth-order valence-corrected chi connectivity index (χ4v) is 4.78. The summed E-state index contributed by atoms with van der Waals surface area (Å²) in [6.45, 7) is 0. The van der Waals surface area contributed by atoms with E-state index in [0.29, 0.717) is 29.2 Å². The summed E-state index contributed by atoms with van der Waals surface area (Å²) in [5.41, 5.74) is 8.14. The van der Waals surface area contributed by atoms with Crippen LogP contribution < -0.4 is 5.32 Å². The number of rotatable bonds is 5. The van der Waals surface area contributed by atoms with E-state index in [9.17, 15) is 4.79 Å². The van der Waals surface area contributed by atoms with Gasteiger partial charge in [-0.15, -0.1) is 0 Å². The van der Waals surface area contributed by atoms with Gasteiger partial charge in [-0.25, -0.2) is 4.98 Å². The number of pyridine rings is 3. The Morgan fingerprint density at radius 2 is 1.77 bits per heavy atom. The number of fused-ring (bicyclic) bond motifs is 2. The molecule has 0 unspecified atom stereocenters. The third-order valence-electron chi connectivity index (χ3n) is 6.77. The van der Waals surface area contributed by atoms with Crippen LogP contribution in [0.15, 0.2) is 110 Å². The molecule has 1 amide bonds. The molecule has 0 aliphatic heterocycles. The van der Waals surface area contributed by atoms with Crippen LogP contribution in [0.1, 0.15) is 6.42 Å². The van der Waals surface area contributed by atoms with Gasteiger partial charge in [0.05, 0.1) is 29.1 Å². The molecule has 0 saturated carbocycles. The van der Waals surface area contributed by atoms with Crippen molar-refractivity contribution < 1.29 is 4.79 Å². The molecule has 0 atom stereocenters. The minimum absolute atomic E-state index is 0.146. The Morgan fingerprint density at radius 3 is 2.70 bits per heavy atom. The van der Waals surface area contributed by atoms with Crippen molar-refractivity contribution >= 4 is 33.5 Å². The molecule has 40 heavy (non-hydrogen) atoms. The lowest BCUT2D eigenvalue weighted by Crippen LogP contribution is -2.14. The van der Waals surface area contributed by atoms with Crippen molar-refractivity contribution in [3.05, 3.63) is 110 Å². The number of hydrogen-bond acceptors (Lipinski definition) is 6. The van der Waals surface area contributed by atoms with E-state index in [1.807, 2.05) is 66.8 Å².